The van der Waals surface area contributed by atoms with Crippen LogP contribution in [0.15, 0.2) is 12.2 Å². The van der Waals surface area contributed by atoms with Crippen molar-refractivity contribution in [2.45, 2.75) is 174 Å². The Kier molecular flexibility index (Phi) is 31.8. The molecule has 266 valence electrons. The molecule has 1 unspecified atom stereocenters. The zero-order valence-electron chi connectivity index (χ0n) is 28.9. The van der Waals surface area contributed by atoms with E-state index in [-0.39, 0.29) is 32.6 Å². The van der Waals surface area contributed by atoms with E-state index in [9.17, 15) is 19.0 Å². The molecule has 0 spiro atoms. The summed E-state index contributed by atoms with van der Waals surface area (Å²) < 4.78 is 32.6. The van der Waals surface area contributed by atoms with Crippen LogP contribution in [0.5, 0.6) is 0 Å². The van der Waals surface area contributed by atoms with Gasteiger partial charge in [0.25, 0.3) is 0 Å². The maximum Gasteiger partial charge on any atom is 0.472 e. The Hall–Kier alpha value is -1.25. The Bertz CT molecular complexity index is 764. The number of phosphoric acid groups is 1. The Balaban J connectivity index is 4.24. The largest absolute Gasteiger partial charge is 0.472 e. The SMILES string of the molecule is CCCC/C=C\CCCCCCCC(=O)OC[C@H](COP(=O)(O)OCCN)OC(=O)CCCCCCCCCCCCCCC. The first-order valence-corrected chi connectivity index (χ1v) is 19.7. The Morgan fingerprint density at radius 3 is 1.64 bits per heavy atom. The molecule has 0 aliphatic rings. The molecule has 0 bridgehead atoms. The molecular formula is C35H68NO8P. The van der Waals surface area contributed by atoms with Crippen LogP contribution < -0.4 is 5.73 Å². The second kappa shape index (κ2) is 32.7. The summed E-state index contributed by atoms with van der Waals surface area (Å²) >= 11 is 0. The average molecular weight is 662 g/mol. The van der Waals surface area contributed by atoms with E-state index in [1.807, 2.05) is 0 Å². The highest BCUT2D eigenvalue weighted by molar-refractivity contribution is 7.47. The summed E-state index contributed by atoms with van der Waals surface area (Å²) in [6.45, 7) is 3.67. The third kappa shape index (κ3) is 32.5. The molecule has 2 atom stereocenters. The standard InChI is InChI=1S/C35H68NO8P/c1-3-5-7-9-11-13-15-16-18-20-22-24-26-28-35(38)44-33(32-43-45(39,40)42-30-29-36)31-41-34(37)27-25-23-21-19-17-14-12-10-8-6-4-2/h10,12,33H,3-9,11,13-32,36H2,1-2H3,(H,39,40)/b12-10-/t33-/m1/s1. The number of unbranched alkanes of at least 4 members (excludes halogenated alkanes) is 19. The lowest BCUT2D eigenvalue weighted by molar-refractivity contribution is -0.161. The second-order valence-corrected chi connectivity index (χ2v) is 13.5. The second-order valence-electron chi connectivity index (χ2n) is 12.1. The van der Waals surface area contributed by atoms with Crippen molar-refractivity contribution in [1.82, 2.24) is 0 Å². The molecule has 0 aromatic carbocycles. The molecule has 45 heavy (non-hydrogen) atoms. The minimum Gasteiger partial charge on any atom is -0.462 e. The van der Waals surface area contributed by atoms with Gasteiger partial charge < -0.3 is 20.1 Å². The number of hydrogen-bond acceptors (Lipinski definition) is 8. The highest BCUT2D eigenvalue weighted by Gasteiger charge is 2.25. The van der Waals surface area contributed by atoms with E-state index in [1.165, 1.54) is 77.0 Å². The predicted molar refractivity (Wildman–Crippen MR) is 183 cm³/mol. The first kappa shape index (κ1) is 43.8. The first-order chi connectivity index (χ1) is 21.8. The fraction of sp³-hybridized carbons (Fsp3) is 0.886. The highest BCUT2D eigenvalue weighted by Crippen LogP contribution is 2.43. The van der Waals surface area contributed by atoms with E-state index in [0.29, 0.717) is 6.42 Å². The summed E-state index contributed by atoms with van der Waals surface area (Å²) in [6.07, 6.45) is 29.5. The molecule has 0 aromatic rings. The van der Waals surface area contributed by atoms with E-state index in [0.717, 1.165) is 57.8 Å². The number of allylic oxidation sites excluding steroid dienone is 2. The number of ether oxygens (including phenoxy) is 2. The van der Waals surface area contributed by atoms with Gasteiger partial charge in [0.1, 0.15) is 6.61 Å². The third-order valence-corrected chi connectivity index (χ3v) is 8.64. The topological polar surface area (TPSA) is 134 Å². The van der Waals surface area contributed by atoms with Gasteiger partial charge in [-0.3, -0.25) is 18.6 Å². The van der Waals surface area contributed by atoms with Crippen molar-refractivity contribution in [3.8, 4) is 0 Å². The Morgan fingerprint density at radius 2 is 1.11 bits per heavy atom. The van der Waals surface area contributed by atoms with Gasteiger partial charge >= 0.3 is 19.8 Å². The molecule has 0 aliphatic heterocycles. The predicted octanol–water partition coefficient (Wildman–Crippen LogP) is 9.49. The molecule has 0 radical (unpaired) electrons. The van der Waals surface area contributed by atoms with Crippen LogP contribution in [0.2, 0.25) is 0 Å². The maximum atomic E-state index is 12.5. The van der Waals surface area contributed by atoms with Crippen LogP contribution in [0.3, 0.4) is 0 Å². The molecule has 0 aromatic heterocycles. The molecule has 0 saturated heterocycles. The molecule has 3 N–H and O–H groups in total. The molecule has 0 fully saturated rings. The van der Waals surface area contributed by atoms with Crippen molar-refractivity contribution >= 4 is 19.8 Å². The van der Waals surface area contributed by atoms with E-state index in [2.05, 4.69) is 26.0 Å². The summed E-state index contributed by atoms with van der Waals surface area (Å²) in [5, 5.41) is 0. The van der Waals surface area contributed by atoms with Crippen LogP contribution in [0.25, 0.3) is 0 Å². The van der Waals surface area contributed by atoms with Gasteiger partial charge in [0, 0.05) is 19.4 Å². The number of carbonyl (C=O) groups excluding carboxylic acids is 2. The van der Waals surface area contributed by atoms with Crippen LogP contribution >= 0.6 is 7.82 Å². The normalized spacial score (nSPS) is 13.6. The summed E-state index contributed by atoms with van der Waals surface area (Å²) in [7, 11) is -4.36. The molecular weight excluding hydrogens is 593 g/mol. The fourth-order valence-electron chi connectivity index (χ4n) is 4.91. The molecule has 0 saturated carbocycles. The van der Waals surface area contributed by atoms with Gasteiger partial charge in [0.05, 0.1) is 13.2 Å². The van der Waals surface area contributed by atoms with Gasteiger partial charge in [-0.1, -0.05) is 135 Å². The molecule has 0 rings (SSSR count). The number of nitrogens with two attached hydrogens (primary N) is 1. The third-order valence-electron chi connectivity index (χ3n) is 7.65. The van der Waals surface area contributed by atoms with Gasteiger partial charge in [-0.2, -0.15) is 0 Å². The van der Waals surface area contributed by atoms with Gasteiger partial charge in [0.15, 0.2) is 6.10 Å². The Morgan fingerprint density at radius 1 is 0.644 bits per heavy atom. The van der Waals surface area contributed by atoms with Crippen molar-refractivity contribution < 1.29 is 37.6 Å². The summed E-state index contributed by atoms with van der Waals surface area (Å²) in [4.78, 5) is 34.6. The number of esters is 2. The van der Waals surface area contributed by atoms with Crippen LogP contribution in [0.4, 0.5) is 0 Å². The zero-order chi connectivity index (χ0) is 33.3. The van der Waals surface area contributed by atoms with E-state index in [4.69, 9.17) is 24.3 Å². The number of hydrogen-bond donors (Lipinski definition) is 2. The van der Waals surface area contributed by atoms with Gasteiger partial charge in [-0.15, -0.1) is 0 Å². The molecule has 10 heteroatoms. The smallest absolute Gasteiger partial charge is 0.462 e. The molecule has 0 heterocycles. The van der Waals surface area contributed by atoms with Crippen LogP contribution in [-0.4, -0.2) is 49.3 Å². The lowest BCUT2D eigenvalue weighted by atomic mass is 10.0. The quantitative estimate of drug-likeness (QED) is 0.0299. The number of carbonyl (C=O) groups is 2. The molecule has 9 nitrogen and oxygen atoms in total. The van der Waals surface area contributed by atoms with Crippen molar-refractivity contribution in [3.63, 3.8) is 0 Å². The minimum atomic E-state index is -4.36. The monoisotopic (exact) mass is 661 g/mol. The van der Waals surface area contributed by atoms with Crippen molar-refractivity contribution in [1.29, 1.82) is 0 Å². The summed E-state index contributed by atoms with van der Waals surface area (Å²) in [6, 6.07) is 0. The van der Waals surface area contributed by atoms with Gasteiger partial charge in [-0.25, -0.2) is 4.57 Å². The number of rotatable bonds is 34. The van der Waals surface area contributed by atoms with Crippen LogP contribution in [0, 0.1) is 0 Å². The molecule has 0 amide bonds. The van der Waals surface area contributed by atoms with Crippen LogP contribution in [0.1, 0.15) is 168 Å². The lowest BCUT2D eigenvalue weighted by Crippen LogP contribution is -2.29. The first-order valence-electron chi connectivity index (χ1n) is 18.2. The zero-order valence-corrected chi connectivity index (χ0v) is 29.8. The van der Waals surface area contributed by atoms with E-state index < -0.39 is 32.5 Å². The van der Waals surface area contributed by atoms with E-state index in [1.54, 1.807) is 0 Å². The van der Waals surface area contributed by atoms with Gasteiger partial charge in [-0.05, 0) is 32.1 Å². The summed E-state index contributed by atoms with van der Waals surface area (Å²) in [5.74, 6) is -0.837. The Labute approximate surface area is 275 Å². The lowest BCUT2D eigenvalue weighted by Gasteiger charge is -2.19. The minimum absolute atomic E-state index is 0.0547. The maximum absolute atomic E-state index is 12.5. The van der Waals surface area contributed by atoms with Crippen molar-refractivity contribution in [2.75, 3.05) is 26.4 Å². The summed E-state index contributed by atoms with van der Waals surface area (Å²) in [5.41, 5.74) is 5.32. The van der Waals surface area contributed by atoms with Crippen molar-refractivity contribution in [3.05, 3.63) is 12.2 Å². The number of phosphoric ester groups is 1. The highest BCUT2D eigenvalue weighted by atomic mass is 31.2. The average Bonchev–Trinajstić information content (AvgIpc) is 3.02. The van der Waals surface area contributed by atoms with E-state index >= 15 is 0 Å². The molecule has 0 aliphatic carbocycles. The van der Waals surface area contributed by atoms with Gasteiger partial charge in [0.2, 0.25) is 0 Å². The van der Waals surface area contributed by atoms with Crippen molar-refractivity contribution in [2.24, 2.45) is 5.73 Å². The fourth-order valence-corrected chi connectivity index (χ4v) is 5.67. The van der Waals surface area contributed by atoms with Crippen LogP contribution in [-0.2, 0) is 32.7 Å².